The Morgan fingerprint density at radius 1 is 1.21 bits per heavy atom. The van der Waals surface area contributed by atoms with Crippen molar-refractivity contribution in [3.8, 4) is 0 Å². The predicted octanol–water partition coefficient (Wildman–Crippen LogP) is -0.158. The molecule has 2 atom stereocenters. The van der Waals surface area contributed by atoms with Crippen LogP contribution < -0.4 is 4.90 Å². The molecule has 3 rings (SSSR count). The lowest BCUT2D eigenvalue weighted by molar-refractivity contribution is -0.896. The molecule has 160 valence electrons. The topological polar surface area (TPSA) is 79.2 Å². The van der Waals surface area contributed by atoms with Crippen LogP contribution >= 0.6 is 0 Å². The molecular weight excluding hydrogens is 390 g/mol. The summed E-state index contributed by atoms with van der Waals surface area (Å²) in [7, 11) is -3.04. The van der Waals surface area contributed by atoms with E-state index >= 15 is 0 Å². The van der Waals surface area contributed by atoms with Crippen LogP contribution in [0.2, 0.25) is 0 Å². The maximum absolute atomic E-state index is 13.1. The second kappa shape index (κ2) is 9.26. The van der Waals surface area contributed by atoms with Gasteiger partial charge in [-0.25, -0.2) is 8.42 Å². The highest BCUT2D eigenvalue weighted by Gasteiger charge is 2.38. The molecule has 2 fully saturated rings. The van der Waals surface area contributed by atoms with Crippen molar-refractivity contribution < 1.29 is 22.9 Å². The number of rotatable bonds is 6. The summed E-state index contributed by atoms with van der Waals surface area (Å²) in [6.07, 6.45) is 1.34. The molecule has 2 saturated heterocycles. The van der Waals surface area contributed by atoms with Crippen LogP contribution in [0.4, 0.5) is 0 Å². The van der Waals surface area contributed by atoms with E-state index in [1.54, 1.807) is 0 Å². The van der Waals surface area contributed by atoms with Gasteiger partial charge in [0.2, 0.25) is 0 Å². The summed E-state index contributed by atoms with van der Waals surface area (Å²) in [6.45, 7) is 7.07. The molecule has 2 heterocycles. The molecule has 0 radical (unpaired) electrons. The van der Waals surface area contributed by atoms with Gasteiger partial charge in [0.15, 0.2) is 16.4 Å². The Labute approximate surface area is 173 Å². The summed E-state index contributed by atoms with van der Waals surface area (Å²) in [5.41, 5.74) is 0.692. The van der Waals surface area contributed by atoms with Gasteiger partial charge in [-0.2, -0.15) is 0 Å². The van der Waals surface area contributed by atoms with E-state index in [0.717, 1.165) is 24.4 Å². The van der Waals surface area contributed by atoms with Crippen molar-refractivity contribution in [2.24, 2.45) is 0 Å². The molecule has 0 aromatic heterocycles. The van der Waals surface area contributed by atoms with E-state index in [-0.39, 0.29) is 35.4 Å². The second-order valence-electron chi connectivity index (χ2n) is 8.20. The molecular formula is C21H32N3O4S+. The smallest absolute Gasteiger partial charge is 0.278 e. The second-order valence-corrected chi connectivity index (χ2v) is 10.4. The van der Waals surface area contributed by atoms with Gasteiger partial charge < -0.3 is 14.7 Å². The Bertz CT molecular complexity index is 820. The fraction of sp³-hybridized carbons (Fsp3) is 0.619. The first kappa shape index (κ1) is 21.8. The SMILES string of the molecule is CC[C@@H](C)N(C(=O)C[NH+]1CCN(C(=O)c2ccccc2)CC1)[C@H]1CCS(=O)(=O)C1. The van der Waals surface area contributed by atoms with E-state index in [0.29, 0.717) is 31.6 Å². The normalized spacial score (nSPS) is 23.0. The summed E-state index contributed by atoms with van der Waals surface area (Å²) >= 11 is 0. The number of nitrogens with zero attached hydrogens (tertiary/aromatic N) is 2. The van der Waals surface area contributed by atoms with Gasteiger partial charge in [0.25, 0.3) is 11.8 Å². The third kappa shape index (κ3) is 5.36. The zero-order chi connectivity index (χ0) is 21.0. The van der Waals surface area contributed by atoms with Crippen LogP contribution in [0.1, 0.15) is 37.0 Å². The van der Waals surface area contributed by atoms with Crippen LogP contribution in [-0.2, 0) is 14.6 Å². The molecule has 2 amide bonds. The van der Waals surface area contributed by atoms with E-state index in [1.807, 2.05) is 54.0 Å². The van der Waals surface area contributed by atoms with E-state index in [4.69, 9.17) is 0 Å². The highest BCUT2D eigenvalue weighted by Crippen LogP contribution is 2.21. The molecule has 1 aromatic rings. The Balaban J connectivity index is 1.57. The fourth-order valence-electron chi connectivity index (χ4n) is 4.27. The van der Waals surface area contributed by atoms with Gasteiger partial charge in [0, 0.05) is 17.6 Å². The Kier molecular flexibility index (Phi) is 6.95. The molecule has 0 saturated carbocycles. The average molecular weight is 423 g/mol. The first-order valence-electron chi connectivity index (χ1n) is 10.5. The van der Waals surface area contributed by atoms with Gasteiger partial charge in [0.05, 0.1) is 37.7 Å². The van der Waals surface area contributed by atoms with Crippen LogP contribution in [-0.4, -0.2) is 86.3 Å². The number of nitrogens with one attached hydrogen (secondary N) is 1. The molecule has 7 nitrogen and oxygen atoms in total. The number of benzene rings is 1. The lowest BCUT2D eigenvalue weighted by Crippen LogP contribution is -3.16. The molecule has 2 aliphatic heterocycles. The molecule has 0 spiro atoms. The highest BCUT2D eigenvalue weighted by atomic mass is 32.2. The van der Waals surface area contributed by atoms with Gasteiger partial charge in [-0.3, -0.25) is 9.59 Å². The quantitative estimate of drug-likeness (QED) is 0.691. The number of hydrogen-bond donors (Lipinski definition) is 1. The van der Waals surface area contributed by atoms with Crippen molar-refractivity contribution in [2.45, 2.75) is 38.8 Å². The van der Waals surface area contributed by atoms with Gasteiger partial charge in [-0.15, -0.1) is 0 Å². The third-order valence-corrected chi connectivity index (χ3v) is 7.89. The zero-order valence-electron chi connectivity index (χ0n) is 17.3. The van der Waals surface area contributed by atoms with Gasteiger partial charge in [-0.1, -0.05) is 25.1 Å². The van der Waals surface area contributed by atoms with Crippen LogP contribution in [0.15, 0.2) is 30.3 Å². The number of sulfone groups is 1. The maximum Gasteiger partial charge on any atom is 0.278 e. The monoisotopic (exact) mass is 422 g/mol. The minimum atomic E-state index is -3.04. The van der Waals surface area contributed by atoms with Crippen molar-refractivity contribution in [3.05, 3.63) is 35.9 Å². The molecule has 0 aliphatic carbocycles. The van der Waals surface area contributed by atoms with Crippen LogP contribution in [0.5, 0.6) is 0 Å². The summed E-state index contributed by atoms with van der Waals surface area (Å²) in [5.74, 6) is 0.315. The fourth-order valence-corrected chi connectivity index (χ4v) is 5.98. The van der Waals surface area contributed by atoms with Crippen molar-refractivity contribution in [1.29, 1.82) is 0 Å². The summed E-state index contributed by atoms with van der Waals surface area (Å²) in [5, 5.41) is 0. The van der Waals surface area contributed by atoms with Crippen molar-refractivity contribution in [1.82, 2.24) is 9.80 Å². The number of hydrogen-bond acceptors (Lipinski definition) is 4. The Morgan fingerprint density at radius 3 is 2.41 bits per heavy atom. The van der Waals surface area contributed by atoms with Crippen LogP contribution in [0, 0.1) is 0 Å². The first-order chi connectivity index (χ1) is 13.8. The van der Waals surface area contributed by atoms with E-state index in [2.05, 4.69) is 0 Å². The standard InChI is InChI=1S/C21H31N3O4S/c1-3-17(2)24(19-9-14-29(27,28)16-19)20(25)15-22-10-12-23(13-11-22)21(26)18-7-5-4-6-8-18/h4-8,17,19H,3,9-16H2,1-2H3/p+1/t17-,19+/m1/s1. The maximum atomic E-state index is 13.1. The van der Waals surface area contributed by atoms with Gasteiger partial charge >= 0.3 is 0 Å². The molecule has 0 bridgehead atoms. The number of piperazine rings is 1. The summed E-state index contributed by atoms with van der Waals surface area (Å²) < 4.78 is 23.8. The van der Waals surface area contributed by atoms with Crippen molar-refractivity contribution in [3.63, 3.8) is 0 Å². The lowest BCUT2D eigenvalue weighted by Gasteiger charge is -2.36. The van der Waals surface area contributed by atoms with Gasteiger partial charge in [0.1, 0.15) is 0 Å². The largest absolute Gasteiger partial charge is 0.331 e. The third-order valence-electron chi connectivity index (χ3n) is 6.14. The molecule has 2 aliphatic rings. The zero-order valence-corrected chi connectivity index (χ0v) is 18.2. The number of amides is 2. The van der Waals surface area contributed by atoms with E-state index < -0.39 is 9.84 Å². The summed E-state index contributed by atoms with van der Waals surface area (Å²) in [6, 6.07) is 9.09. The first-order valence-corrected chi connectivity index (χ1v) is 12.3. The molecule has 0 unspecified atom stereocenters. The van der Waals surface area contributed by atoms with E-state index in [1.165, 1.54) is 0 Å². The summed E-state index contributed by atoms with van der Waals surface area (Å²) in [4.78, 5) is 30.5. The van der Waals surface area contributed by atoms with Crippen molar-refractivity contribution in [2.75, 3.05) is 44.2 Å². The van der Waals surface area contributed by atoms with Crippen molar-refractivity contribution >= 4 is 21.7 Å². The van der Waals surface area contributed by atoms with Crippen LogP contribution in [0.25, 0.3) is 0 Å². The highest BCUT2D eigenvalue weighted by molar-refractivity contribution is 7.91. The number of carbonyl (C=O) groups excluding carboxylic acids is 2. The Hall–Kier alpha value is -1.93. The van der Waals surface area contributed by atoms with Crippen LogP contribution in [0.3, 0.4) is 0 Å². The minimum absolute atomic E-state index is 0.0271. The molecule has 8 heteroatoms. The molecule has 1 aromatic carbocycles. The average Bonchev–Trinajstić information content (AvgIpc) is 3.07. The predicted molar refractivity (Wildman–Crippen MR) is 112 cm³/mol. The minimum Gasteiger partial charge on any atom is -0.331 e. The molecule has 29 heavy (non-hydrogen) atoms. The van der Waals surface area contributed by atoms with E-state index in [9.17, 15) is 18.0 Å². The Morgan fingerprint density at radius 2 is 1.86 bits per heavy atom. The number of carbonyl (C=O) groups is 2. The number of quaternary nitrogens is 1. The van der Waals surface area contributed by atoms with Gasteiger partial charge in [-0.05, 0) is 31.9 Å². The lowest BCUT2D eigenvalue weighted by atomic mass is 10.1. The molecule has 1 N–H and O–H groups in total.